The molecule has 4 atom stereocenters. The third-order valence-electron chi connectivity index (χ3n) is 8.47. The SMILES string of the molecule is C=CCC(CC)[C@@]1(C)OO[C@@]2(CCCC(OC(=O)NCc3csc(NC(=O)c4cc(C(C)(C)C)nn4Cc4ccccc4)n3)C2)O1. The molecule has 2 unspecified atom stereocenters. The number of hydrogen-bond acceptors (Lipinski definition) is 9. The number of carbonyl (C=O) groups excluding carboxylic acids is 2. The Labute approximate surface area is 274 Å². The Morgan fingerprint density at radius 1 is 1.26 bits per heavy atom. The largest absolute Gasteiger partial charge is 0.446 e. The molecule has 2 fully saturated rings. The van der Waals surface area contributed by atoms with Crippen LogP contribution < -0.4 is 10.6 Å². The molecule has 248 valence electrons. The number of hydrogen-bond donors (Lipinski definition) is 2. The second-order valence-electron chi connectivity index (χ2n) is 13.2. The number of thiazole rings is 1. The molecule has 11 nitrogen and oxygen atoms in total. The summed E-state index contributed by atoms with van der Waals surface area (Å²) < 4.78 is 13.9. The number of carbonyl (C=O) groups is 2. The quantitative estimate of drug-likeness (QED) is 0.166. The maximum Gasteiger partial charge on any atom is 0.407 e. The number of allylic oxidation sites excluding steroid dienone is 1. The van der Waals surface area contributed by atoms with Crippen LogP contribution in [0.3, 0.4) is 0 Å². The molecule has 2 N–H and O–H groups in total. The van der Waals surface area contributed by atoms with E-state index >= 15 is 0 Å². The molecule has 1 saturated heterocycles. The molecule has 2 aliphatic rings. The number of aromatic nitrogens is 3. The number of anilines is 1. The summed E-state index contributed by atoms with van der Waals surface area (Å²) in [4.78, 5) is 42.1. The van der Waals surface area contributed by atoms with Gasteiger partial charge in [0.1, 0.15) is 11.8 Å². The summed E-state index contributed by atoms with van der Waals surface area (Å²) >= 11 is 1.28. The molecule has 1 spiro atoms. The summed E-state index contributed by atoms with van der Waals surface area (Å²) in [5, 5.41) is 12.6. The fraction of sp³-hybridized carbons (Fsp3) is 0.529. The van der Waals surface area contributed by atoms with Crippen LogP contribution in [0.4, 0.5) is 9.93 Å². The van der Waals surface area contributed by atoms with E-state index in [9.17, 15) is 9.59 Å². The number of nitrogens with zero attached hydrogens (tertiary/aromatic N) is 3. The topological polar surface area (TPSA) is 126 Å². The van der Waals surface area contributed by atoms with Crippen molar-refractivity contribution in [1.29, 1.82) is 0 Å². The average Bonchev–Trinajstić information content (AvgIpc) is 3.73. The third-order valence-corrected chi connectivity index (χ3v) is 9.28. The van der Waals surface area contributed by atoms with Crippen LogP contribution in [-0.4, -0.2) is 44.4 Å². The van der Waals surface area contributed by atoms with Crippen molar-refractivity contribution in [2.24, 2.45) is 5.92 Å². The Balaban J connectivity index is 1.14. The minimum absolute atomic E-state index is 0.0964. The van der Waals surface area contributed by atoms with E-state index in [2.05, 4.69) is 49.9 Å². The van der Waals surface area contributed by atoms with Gasteiger partial charge in [-0.25, -0.2) is 9.78 Å². The van der Waals surface area contributed by atoms with Gasteiger partial charge in [0.05, 0.1) is 24.5 Å². The monoisotopic (exact) mass is 651 g/mol. The van der Waals surface area contributed by atoms with E-state index in [1.54, 1.807) is 10.1 Å². The fourth-order valence-corrected chi connectivity index (χ4v) is 6.60. The van der Waals surface area contributed by atoms with Crippen LogP contribution in [-0.2, 0) is 37.8 Å². The van der Waals surface area contributed by atoms with E-state index < -0.39 is 17.7 Å². The zero-order chi connectivity index (χ0) is 33.0. The number of amides is 2. The molecule has 1 aliphatic carbocycles. The van der Waals surface area contributed by atoms with Gasteiger partial charge in [0.15, 0.2) is 5.13 Å². The molecule has 1 aromatic carbocycles. The highest BCUT2D eigenvalue weighted by Gasteiger charge is 2.55. The number of nitrogens with one attached hydrogen (secondary N) is 2. The molecular formula is C34H45N5O6S. The van der Waals surface area contributed by atoms with Gasteiger partial charge in [-0.3, -0.25) is 14.8 Å². The highest BCUT2D eigenvalue weighted by atomic mass is 32.1. The molecule has 12 heteroatoms. The number of ether oxygens (including phenoxy) is 2. The van der Waals surface area contributed by atoms with Crippen molar-refractivity contribution in [3.05, 3.63) is 77.1 Å². The number of benzene rings is 1. The molecule has 3 aromatic rings. The first-order chi connectivity index (χ1) is 21.9. The van der Waals surface area contributed by atoms with Crippen molar-refractivity contribution in [3.63, 3.8) is 0 Å². The summed E-state index contributed by atoms with van der Waals surface area (Å²) in [6.07, 6.45) is 5.02. The van der Waals surface area contributed by atoms with Gasteiger partial charge >= 0.3 is 6.09 Å². The van der Waals surface area contributed by atoms with Crippen molar-refractivity contribution in [3.8, 4) is 0 Å². The number of alkyl carbamates (subject to hydrolysis) is 1. The van der Waals surface area contributed by atoms with E-state index in [0.717, 1.165) is 30.5 Å². The van der Waals surface area contributed by atoms with Crippen molar-refractivity contribution in [2.75, 3.05) is 5.32 Å². The van der Waals surface area contributed by atoms with Gasteiger partial charge < -0.3 is 14.8 Å². The third kappa shape index (κ3) is 8.03. The second-order valence-corrected chi connectivity index (χ2v) is 14.1. The molecule has 1 aliphatic heterocycles. The number of rotatable bonds is 11. The maximum absolute atomic E-state index is 13.4. The van der Waals surface area contributed by atoms with E-state index in [1.807, 2.05) is 49.4 Å². The minimum Gasteiger partial charge on any atom is -0.446 e. The van der Waals surface area contributed by atoms with Crippen LogP contribution in [0.1, 0.15) is 101 Å². The van der Waals surface area contributed by atoms with Crippen molar-refractivity contribution < 1.29 is 28.8 Å². The lowest BCUT2D eigenvalue weighted by molar-refractivity contribution is -0.361. The molecule has 3 heterocycles. The lowest BCUT2D eigenvalue weighted by Crippen LogP contribution is -2.44. The lowest BCUT2D eigenvalue weighted by Gasteiger charge is -2.36. The second kappa shape index (κ2) is 14.0. The first-order valence-electron chi connectivity index (χ1n) is 15.9. The van der Waals surface area contributed by atoms with Crippen LogP contribution in [0, 0.1) is 5.92 Å². The first kappa shape index (κ1) is 33.8. The predicted molar refractivity (Wildman–Crippen MR) is 175 cm³/mol. The van der Waals surface area contributed by atoms with Crippen LogP contribution in [0.15, 0.2) is 54.4 Å². The summed E-state index contributed by atoms with van der Waals surface area (Å²) in [6, 6.07) is 11.7. The molecule has 2 aromatic heterocycles. The zero-order valence-corrected chi connectivity index (χ0v) is 28.2. The lowest BCUT2D eigenvalue weighted by atomic mass is 9.89. The Morgan fingerprint density at radius 2 is 2.04 bits per heavy atom. The van der Waals surface area contributed by atoms with Gasteiger partial charge in [0, 0.05) is 29.6 Å². The first-order valence-corrected chi connectivity index (χ1v) is 16.8. The Kier molecular flexibility index (Phi) is 10.3. The molecule has 0 radical (unpaired) electrons. The molecule has 0 bridgehead atoms. The highest BCUT2D eigenvalue weighted by Crippen LogP contribution is 2.47. The molecule has 1 saturated carbocycles. The summed E-state index contributed by atoms with van der Waals surface area (Å²) in [5.41, 5.74) is 2.69. The zero-order valence-electron chi connectivity index (χ0n) is 27.3. The van der Waals surface area contributed by atoms with Gasteiger partial charge in [-0.1, -0.05) is 64.1 Å². The van der Waals surface area contributed by atoms with E-state index in [4.69, 9.17) is 24.3 Å². The maximum atomic E-state index is 13.4. The van der Waals surface area contributed by atoms with Crippen molar-refractivity contribution in [1.82, 2.24) is 20.1 Å². The standard InChI is InChI=1S/C34H45N5O6S/c1-7-13-24(8-2)33(6)43-34(45-44-33)17-12-16-26(19-34)42-31(41)35-20-25-22-46-30(36-25)37-29(40)27-18-28(32(3,4)5)38-39(27)21-23-14-10-9-11-15-23/h7,9-11,14-15,18,22,24,26H,1,8,12-13,16-17,19-21H2,2-6H3,(H,35,41)(H,36,37,40)/t24?,26?,33-,34-/m1/s1. The van der Waals surface area contributed by atoms with Gasteiger partial charge in [-0.2, -0.15) is 14.9 Å². The highest BCUT2D eigenvalue weighted by molar-refractivity contribution is 7.14. The van der Waals surface area contributed by atoms with Crippen LogP contribution in [0.5, 0.6) is 0 Å². The minimum atomic E-state index is -0.946. The summed E-state index contributed by atoms with van der Waals surface area (Å²) in [7, 11) is 0. The van der Waals surface area contributed by atoms with E-state index in [1.165, 1.54) is 11.3 Å². The fourth-order valence-electron chi connectivity index (χ4n) is 5.89. The van der Waals surface area contributed by atoms with E-state index in [-0.39, 0.29) is 29.9 Å². The van der Waals surface area contributed by atoms with Gasteiger partial charge in [-0.05, 0) is 44.2 Å². The summed E-state index contributed by atoms with van der Waals surface area (Å²) in [6.45, 7) is 14.6. The average molecular weight is 652 g/mol. The van der Waals surface area contributed by atoms with Gasteiger partial charge in [0.25, 0.3) is 5.91 Å². The predicted octanol–water partition coefficient (Wildman–Crippen LogP) is 7.10. The molecule has 46 heavy (non-hydrogen) atoms. The van der Waals surface area contributed by atoms with Crippen LogP contribution in [0.2, 0.25) is 0 Å². The van der Waals surface area contributed by atoms with Crippen LogP contribution in [0.25, 0.3) is 0 Å². The van der Waals surface area contributed by atoms with Crippen molar-refractivity contribution in [2.45, 2.75) is 109 Å². The Bertz CT molecular complexity index is 1520. The smallest absolute Gasteiger partial charge is 0.407 e. The Morgan fingerprint density at radius 3 is 2.76 bits per heavy atom. The molecule has 2 amide bonds. The Hall–Kier alpha value is -3.58. The summed E-state index contributed by atoms with van der Waals surface area (Å²) in [5.74, 6) is -2.04. The van der Waals surface area contributed by atoms with Gasteiger partial charge in [-0.15, -0.1) is 17.9 Å². The van der Waals surface area contributed by atoms with Crippen molar-refractivity contribution >= 4 is 28.5 Å². The normalized spacial score (nSPS) is 23.6. The van der Waals surface area contributed by atoms with E-state index in [0.29, 0.717) is 42.3 Å². The van der Waals surface area contributed by atoms with Crippen LogP contribution >= 0.6 is 11.3 Å². The van der Waals surface area contributed by atoms with Gasteiger partial charge in [0.2, 0.25) is 11.6 Å². The molecule has 5 rings (SSSR count). The molecular weight excluding hydrogens is 606 g/mol.